The summed E-state index contributed by atoms with van der Waals surface area (Å²) in [6.07, 6.45) is 5.09. The number of nitro benzene ring substituents is 1. The first-order valence-electron chi connectivity index (χ1n) is 8.83. The van der Waals surface area contributed by atoms with Gasteiger partial charge in [-0.2, -0.15) is 5.26 Å². The molecule has 0 saturated heterocycles. The highest BCUT2D eigenvalue weighted by molar-refractivity contribution is 7.16. The van der Waals surface area contributed by atoms with Gasteiger partial charge in [-0.1, -0.05) is 6.42 Å². The molecule has 1 amide bonds. The third kappa shape index (κ3) is 4.23. The van der Waals surface area contributed by atoms with E-state index in [1.54, 1.807) is 0 Å². The van der Waals surface area contributed by atoms with Crippen LogP contribution in [0.1, 0.15) is 35.3 Å². The summed E-state index contributed by atoms with van der Waals surface area (Å²) in [5.41, 5.74) is 1.47. The van der Waals surface area contributed by atoms with E-state index in [-0.39, 0.29) is 23.8 Å². The fraction of sp³-hybridized carbons (Fsp3) is 0.368. The number of carbonyl (C=O) groups is 1. The van der Waals surface area contributed by atoms with E-state index >= 15 is 0 Å². The summed E-state index contributed by atoms with van der Waals surface area (Å²) >= 11 is 1.45. The van der Waals surface area contributed by atoms with Gasteiger partial charge >= 0.3 is 0 Å². The van der Waals surface area contributed by atoms with Crippen molar-refractivity contribution in [2.24, 2.45) is 0 Å². The molecule has 0 atom stereocenters. The molecule has 8 nitrogen and oxygen atoms in total. The Labute approximate surface area is 165 Å². The topological polar surface area (TPSA) is 114 Å². The molecule has 0 bridgehead atoms. The van der Waals surface area contributed by atoms with Gasteiger partial charge in [-0.25, -0.2) is 0 Å². The van der Waals surface area contributed by atoms with E-state index in [1.165, 1.54) is 41.5 Å². The molecule has 3 rings (SSSR count). The standard InChI is InChI=1S/C19H19N3O5S/c1-26-16-9-12(22(24)25)7-8-15(16)27-11-18(23)21-19-14(10-20)13-5-3-2-4-6-17(13)28-19/h7-9H,2-6,11H2,1H3,(H,21,23). The van der Waals surface area contributed by atoms with Crippen LogP contribution < -0.4 is 14.8 Å². The zero-order valence-electron chi connectivity index (χ0n) is 15.3. The van der Waals surface area contributed by atoms with E-state index in [1.807, 2.05) is 0 Å². The number of thiophene rings is 1. The number of fused-ring (bicyclic) bond motifs is 1. The maximum Gasteiger partial charge on any atom is 0.273 e. The smallest absolute Gasteiger partial charge is 0.273 e. The summed E-state index contributed by atoms with van der Waals surface area (Å²) < 4.78 is 10.5. The quantitative estimate of drug-likeness (QED) is 0.447. The SMILES string of the molecule is COc1cc([N+](=O)[O-])ccc1OCC(=O)Nc1sc2c(c1C#N)CCCCC2. The molecule has 1 aromatic heterocycles. The van der Waals surface area contributed by atoms with Crippen LogP contribution in [0.15, 0.2) is 18.2 Å². The number of nitro groups is 1. The summed E-state index contributed by atoms with van der Waals surface area (Å²) in [6.45, 7) is -0.304. The number of rotatable bonds is 6. The van der Waals surface area contributed by atoms with Crippen LogP contribution in [0.2, 0.25) is 0 Å². The van der Waals surface area contributed by atoms with Gasteiger partial charge in [-0.05, 0) is 37.3 Å². The van der Waals surface area contributed by atoms with Gasteiger partial charge in [0.15, 0.2) is 18.1 Å². The van der Waals surface area contributed by atoms with E-state index in [0.29, 0.717) is 10.6 Å². The summed E-state index contributed by atoms with van der Waals surface area (Å²) in [6, 6.07) is 6.12. The van der Waals surface area contributed by atoms with Crippen molar-refractivity contribution in [1.29, 1.82) is 5.26 Å². The molecule has 9 heteroatoms. The third-order valence-corrected chi connectivity index (χ3v) is 5.71. The number of nitrogens with one attached hydrogen (secondary N) is 1. The summed E-state index contributed by atoms with van der Waals surface area (Å²) in [7, 11) is 1.37. The second-order valence-corrected chi connectivity index (χ2v) is 7.41. The van der Waals surface area contributed by atoms with Crippen LogP contribution in [0.5, 0.6) is 11.5 Å². The molecule has 0 aliphatic heterocycles. The zero-order chi connectivity index (χ0) is 20.1. The first-order valence-corrected chi connectivity index (χ1v) is 9.65. The van der Waals surface area contributed by atoms with Crippen LogP contribution in [0.3, 0.4) is 0 Å². The molecule has 1 heterocycles. The van der Waals surface area contributed by atoms with Gasteiger partial charge in [-0.3, -0.25) is 14.9 Å². The van der Waals surface area contributed by atoms with Crippen LogP contribution in [-0.4, -0.2) is 24.5 Å². The molecule has 1 N–H and O–H groups in total. The summed E-state index contributed by atoms with van der Waals surface area (Å²) in [5, 5.41) is 23.7. The first-order chi connectivity index (χ1) is 13.5. The third-order valence-electron chi connectivity index (χ3n) is 4.50. The Morgan fingerprint density at radius 2 is 2.11 bits per heavy atom. The molecule has 1 aliphatic carbocycles. The monoisotopic (exact) mass is 401 g/mol. The van der Waals surface area contributed by atoms with Crippen molar-refractivity contribution in [2.45, 2.75) is 32.1 Å². The number of ether oxygens (including phenoxy) is 2. The van der Waals surface area contributed by atoms with Gasteiger partial charge < -0.3 is 14.8 Å². The highest BCUT2D eigenvalue weighted by Gasteiger charge is 2.21. The van der Waals surface area contributed by atoms with Crippen LogP contribution in [0.25, 0.3) is 0 Å². The Balaban J connectivity index is 1.69. The average Bonchev–Trinajstić information content (AvgIpc) is 2.85. The van der Waals surface area contributed by atoms with Crippen LogP contribution >= 0.6 is 11.3 Å². The zero-order valence-corrected chi connectivity index (χ0v) is 16.1. The predicted molar refractivity (Wildman–Crippen MR) is 104 cm³/mol. The minimum absolute atomic E-state index is 0.132. The molecule has 0 spiro atoms. The van der Waals surface area contributed by atoms with E-state index in [9.17, 15) is 20.2 Å². The molecular formula is C19H19N3O5S. The molecule has 28 heavy (non-hydrogen) atoms. The Bertz CT molecular complexity index is 948. The Morgan fingerprint density at radius 3 is 2.82 bits per heavy atom. The van der Waals surface area contributed by atoms with Crippen LogP contribution in [0.4, 0.5) is 10.7 Å². The molecule has 1 aliphatic rings. The van der Waals surface area contributed by atoms with Crippen LogP contribution in [-0.2, 0) is 17.6 Å². The molecule has 0 fully saturated rings. The van der Waals surface area contributed by atoms with Gasteiger partial charge in [0.25, 0.3) is 11.6 Å². The van der Waals surface area contributed by atoms with Crippen molar-refractivity contribution < 1.29 is 19.2 Å². The van der Waals surface area contributed by atoms with E-state index in [2.05, 4.69) is 11.4 Å². The van der Waals surface area contributed by atoms with Crippen LogP contribution in [0, 0.1) is 21.4 Å². The van der Waals surface area contributed by atoms with Crippen molar-refractivity contribution >= 4 is 27.9 Å². The second-order valence-electron chi connectivity index (χ2n) is 6.31. The van der Waals surface area contributed by atoms with Gasteiger partial charge in [0.2, 0.25) is 0 Å². The van der Waals surface area contributed by atoms with Crippen molar-refractivity contribution in [2.75, 3.05) is 19.0 Å². The number of carbonyl (C=O) groups excluding carboxylic acids is 1. The lowest BCUT2D eigenvalue weighted by atomic mass is 10.1. The Morgan fingerprint density at radius 1 is 1.32 bits per heavy atom. The van der Waals surface area contributed by atoms with Gasteiger partial charge in [0.05, 0.1) is 23.7 Å². The minimum atomic E-state index is -0.538. The first kappa shape index (κ1) is 19.6. The molecule has 0 saturated carbocycles. The number of anilines is 1. The number of amides is 1. The molecule has 2 aromatic rings. The largest absolute Gasteiger partial charge is 0.493 e. The molecule has 0 radical (unpaired) electrons. The predicted octanol–water partition coefficient (Wildman–Crippen LogP) is 3.82. The lowest BCUT2D eigenvalue weighted by molar-refractivity contribution is -0.384. The van der Waals surface area contributed by atoms with Crippen molar-refractivity contribution in [3.8, 4) is 17.6 Å². The number of aryl methyl sites for hydroxylation is 1. The maximum absolute atomic E-state index is 12.3. The van der Waals surface area contributed by atoms with Gasteiger partial charge in [0.1, 0.15) is 11.1 Å². The fourth-order valence-corrected chi connectivity index (χ4v) is 4.40. The number of nitriles is 1. The van der Waals surface area contributed by atoms with E-state index < -0.39 is 10.8 Å². The Hall–Kier alpha value is -3.12. The van der Waals surface area contributed by atoms with Crippen molar-refractivity contribution in [1.82, 2.24) is 0 Å². The number of methoxy groups -OCH3 is 1. The summed E-state index contributed by atoms with van der Waals surface area (Å²) in [4.78, 5) is 23.8. The lowest BCUT2D eigenvalue weighted by Crippen LogP contribution is -2.20. The number of hydrogen-bond acceptors (Lipinski definition) is 7. The highest BCUT2D eigenvalue weighted by Crippen LogP contribution is 2.37. The van der Waals surface area contributed by atoms with E-state index in [4.69, 9.17) is 9.47 Å². The number of non-ortho nitro benzene ring substituents is 1. The lowest BCUT2D eigenvalue weighted by Gasteiger charge is -2.10. The molecule has 0 unspecified atom stereocenters. The molecule has 146 valence electrons. The minimum Gasteiger partial charge on any atom is -0.493 e. The highest BCUT2D eigenvalue weighted by atomic mass is 32.1. The molecular weight excluding hydrogens is 382 g/mol. The molecule has 1 aromatic carbocycles. The van der Waals surface area contributed by atoms with Gasteiger partial charge in [0, 0.05) is 10.9 Å². The summed E-state index contributed by atoms with van der Waals surface area (Å²) in [5.74, 6) is -0.0124. The fourth-order valence-electron chi connectivity index (χ4n) is 3.14. The Kier molecular flexibility index (Phi) is 6.11. The second kappa shape index (κ2) is 8.71. The number of nitrogens with zero attached hydrogens (tertiary/aromatic N) is 2. The maximum atomic E-state index is 12.3. The van der Waals surface area contributed by atoms with Crippen molar-refractivity contribution in [3.05, 3.63) is 44.3 Å². The van der Waals surface area contributed by atoms with E-state index in [0.717, 1.165) is 37.7 Å². The van der Waals surface area contributed by atoms with Gasteiger partial charge in [-0.15, -0.1) is 11.3 Å². The number of hydrogen-bond donors (Lipinski definition) is 1. The average molecular weight is 401 g/mol. The normalized spacial score (nSPS) is 13.0. The van der Waals surface area contributed by atoms with Crippen molar-refractivity contribution in [3.63, 3.8) is 0 Å². The number of benzene rings is 1.